The predicted molar refractivity (Wildman–Crippen MR) is 109 cm³/mol. The Balaban J connectivity index is 1.65. The summed E-state index contributed by atoms with van der Waals surface area (Å²) in [5.41, 5.74) is 1.86. The number of benzene rings is 2. The molecule has 1 unspecified atom stereocenters. The maximum Gasteiger partial charge on any atom is 0.318 e. The zero-order valence-corrected chi connectivity index (χ0v) is 16.6. The molecule has 3 rings (SSSR count). The van der Waals surface area contributed by atoms with E-state index in [1.807, 2.05) is 68.4 Å². The molecule has 0 spiro atoms. The summed E-state index contributed by atoms with van der Waals surface area (Å²) in [6.07, 6.45) is 0.292. The summed E-state index contributed by atoms with van der Waals surface area (Å²) in [6, 6.07) is 17.0. The number of hydrogen-bond donors (Lipinski definition) is 1. The highest BCUT2D eigenvalue weighted by Gasteiger charge is 2.33. The molecule has 1 atom stereocenters. The van der Waals surface area contributed by atoms with Crippen molar-refractivity contribution in [3.05, 3.63) is 60.2 Å². The standard InChI is InChI=1S/C22H27N3O3/c1-16(2)24(14-17-8-5-4-6-9-17)22(27)23-18-12-21(26)25(15-18)19-10-7-11-20(13-19)28-3/h4-11,13,16,18H,12,14-15H2,1-3H3,(H,23,27). The summed E-state index contributed by atoms with van der Waals surface area (Å²) < 4.78 is 5.24. The molecule has 148 valence electrons. The fourth-order valence-electron chi connectivity index (χ4n) is 3.36. The van der Waals surface area contributed by atoms with Gasteiger partial charge in [0.25, 0.3) is 0 Å². The minimum Gasteiger partial charge on any atom is -0.497 e. The van der Waals surface area contributed by atoms with Crippen LogP contribution in [0.15, 0.2) is 54.6 Å². The average Bonchev–Trinajstić information content (AvgIpc) is 3.06. The SMILES string of the molecule is COc1cccc(N2CC(NC(=O)N(Cc3ccccc3)C(C)C)CC2=O)c1. The Morgan fingerprint density at radius 2 is 1.96 bits per heavy atom. The molecular weight excluding hydrogens is 354 g/mol. The van der Waals surface area contributed by atoms with E-state index in [1.165, 1.54) is 0 Å². The van der Waals surface area contributed by atoms with Crippen molar-refractivity contribution < 1.29 is 14.3 Å². The molecule has 0 radical (unpaired) electrons. The third-order valence-corrected chi connectivity index (χ3v) is 4.90. The number of nitrogens with zero attached hydrogens (tertiary/aromatic N) is 2. The van der Waals surface area contributed by atoms with E-state index in [0.717, 1.165) is 11.3 Å². The van der Waals surface area contributed by atoms with Crippen LogP contribution in [-0.2, 0) is 11.3 Å². The molecule has 6 nitrogen and oxygen atoms in total. The number of rotatable bonds is 6. The molecule has 1 aliphatic rings. The van der Waals surface area contributed by atoms with Gasteiger partial charge in [-0.3, -0.25) is 4.79 Å². The lowest BCUT2D eigenvalue weighted by Gasteiger charge is -2.28. The highest BCUT2D eigenvalue weighted by atomic mass is 16.5. The van der Waals surface area contributed by atoms with Crippen LogP contribution in [0, 0.1) is 0 Å². The van der Waals surface area contributed by atoms with Crippen molar-refractivity contribution in [1.82, 2.24) is 10.2 Å². The number of hydrogen-bond acceptors (Lipinski definition) is 3. The molecule has 6 heteroatoms. The van der Waals surface area contributed by atoms with Crippen LogP contribution >= 0.6 is 0 Å². The zero-order chi connectivity index (χ0) is 20.1. The zero-order valence-electron chi connectivity index (χ0n) is 16.6. The maximum atomic E-state index is 12.9. The number of methoxy groups -OCH3 is 1. The summed E-state index contributed by atoms with van der Waals surface area (Å²) >= 11 is 0. The van der Waals surface area contributed by atoms with E-state index in [0.29, 0.717) is 25.3 Å². The van der Waals surface area contributed by atoms with Gasteiger partial charge in [0.1, 0.15) is 5.75 Å². The quantitative estimate of drug-likeness (QED) is 0.834. The number of urea groups is 1. The van der Waals surface area contributed by atoms with Gasteiger partial charge < -0.3 is 19.9 Å². The fourth-order valence-corrected chi connectivity index (χ4v) is 3.36. The second-order valence-corrected chi connectivity index (χ2v) is 7.26. The van der Waals surface area contributed by atoms with Crippen molar-refractivity contribution in [3.63, 3.8) is 0 Å². The van der Waals surface area contributed by atoms with Gasteiger partial charge in [-0.05, 0) is 31.5 Å². The average molecular weight is 381 g/mol. The lowest BCUT2D eigenvalue weighted by atomic mass is 10.2. The van der Waals surface area contributed by atoms with Crippen LogP contribution < -0.4 is 15.0 Å². The Kier molecular flexibility index (Phi) is 6.19. The topological polar surface area (TPSA) is 61.9 Å². The molecule has 3 amide bonds. The Hall–Kier alpha value is -3.02. The van der Waals surface area contributed by atoms with E-state index in [9.17, 15) is 9.59 Å². The molecule has 1 aliphatic heterocycles. The van der Waals surface area contributed by atoms with E-state index >= 15 is 0 Å². The first kappa shape index (κ1) is 19.7. The summed E-state index contributed by atoms with van der Waals surface area (Å²) in [4.78, 5) is 28.8. The minimum absolute atomic E-state index is 0.00212. The molecule has 2 aromatic carbocycles. The number of anilines is 1. The third-order valence-electron chi connectivity index (χ3n) is 4.90. The normalized spacial score (nSPS) is 16.4. The van der Waals surface area contributed by atoms with Crippen molar-refractivity contribution in [3.8, 4) is 5.75 Å². The van der Waals surface area contributed by atoms with Crippen LogP contribution in [0.5, 0.6) is 5.75 Å². The van der Waals surface area contributed by atoms with Gasteiger partial charge in [0.05, 0.1) is 13.2 Å². The van der Waals surface area contributed by atoms with Gasteiger partial charge in [0.15, 0.2) is 0 Å². The van der Waals surface area contributed by atoms with Crippen LogP contribution in [0.25, 0.3) is 0 Å². The molecule has 1 fully saturated rings. The van der Waals surface area contributed by atoms with Gasteiger partial charge in [-0.15, -0.1) is 0 Å². The second-order valence-electron chi connectivity index (χ2n) is 7.26. The first-order chi connectivity index (χ1) is 13.5. The van der Waals surface area contributed by atoms with Gasteiger partial charge in [-0.2, -0.15) is 0 Å². The Morgan fingerprint density at radius 3 is 2.64 bits per heavy atom. The molecule has 0 saturated carbocycles. The third kappa shape index (κ3) is 4.63. The van der Waals surface area contributed by atoms with E-state index in [-0.39, 0.29) is 24.0 Å². The Labute approximate surface area is 166 Å². The van der Waals surface area contributed by atoms with Crippen molar-refractivity contribution in [2.75, 3.05) is 18.6 Å². The van der Waals surface area contributed by atoms with Gasteiger partial charge in [0.2, 0.25) is 5.91 Å². The van der Waals surface area contributed by atoms with Gasteiger partial charge in [-0.25, -0.2) is 4.79 Å². The molecule has 1 heterocycles. The van der Waals surface area contributed by atoms with Crippen molar-refractivity contribution in [2.45, 2.75) is 38.9 Å². The number of ether oxygens (including phenoxy) is 1. The number of nitrogens with one attached hydrogen (secondary N) is 1. The first-order valence-electron chi connectivity index (χ1n) is 9.53. The molecule has 0 bridgehead atoms. The van der Waals surface area contributed by atoms with E-state index in [4.69, 9.17) is 4.74 Å². The van der Waals surface area contributed by atoms with Crippen molar-refractivity contribution in [1.29, 1.82) is 0 Å². The van der Waals surface area contributed by atoms with E-state index in [2.05, 4.69) is 5.32 Å². The summed E-state index contributed by atoms with van der Waals surface area (Å²) in [7, 11) is 1.60. The van der Waals surface area contributed by atoms with Gasteiger partial charge in [0, 0.05) is 37.3 Å². The monoisotopic (exact) mass is 381 g/mol. The number of carbonyl (C=O) groups excluding carboxylic acids is 2. The fraction of sp³-hybridized carbons (Fsp3) is 0.364. The summed E-state index contributed by atoms with van der Waals surface area (Å²) in [5.74, 6) is 0.698. The highest BCUT2D eigenvalue weighted by molar-refractivity contribution is 5.97. The van der Waals surface area contributed by atoms with E-state index in [1.54, 1.807) is 16.9 Å². The predicted octanol–water partition coefficient (Wildman–Crippen LogP) is 3.42. The molecule has 28 heavy (non-hydrogen) atoms. The molecule has 1 saturated heterocycles. The van der Waals surface area contributed by atoms with Crippen molar-refractivity contribution >= 4 is 17.6 Å². The number of amides is 3. The largest absolute Gasteiger partial charge is 0.497 e. The van der Waals surface area contributed by atoms with E-state index < -0.39 is 0 Å². The van der Waals surface area contributed by atoms with Crippen LogP contribution in [0.3, 0.4) is 0 Å². The minimum atomic E-state index is -0.219. The Morgan fingerprint density at radius 1 is 1.21 bits per heavy atom. The maximum absolute atomic E-state index is 12.9. The smallest absolute Gasteiger partial charge is 0.318 e. The summed E-state index contributed by atoms with van der Waals surface area (Å²) in [6.45, 7) is 4.97. The lowest BCUT2D eigenvalue weighted by Crippen LogP contribution is -2.48. The summed E-state index contributed by atoms with van der Waals surface area (Å²) in [5, 5.41) is 3.03. The van der Waals surface area contributed by atoms with Gasteiger partial charge in [-0.1, -0.05) is 36.4 Å². The van der Waals surface area contributed by atoms with Crippen molar-refractivity contribution in [2.24, 2.45) is 0 Å². The number of carbonyl (C=O) groups is 2. The van der Waals surface area contributed by atoms with Crippen LogP contribution in [0.4, 0.5) is 10.5 Å². The molecular formula is C22H27N3O3. The van der Waals surface area contributed by atoms with Crippen LogP contribution in [0.2, 0.25) is 0 Å². The molecule has 2 aromatic rings. The first-order valence-corrected chi connectivity index (χ1v) is 9.53. The Bertz CT molecular complexity index is 823. The van der Waals surface area contributed by atoms with Gasteiger partial charge >= 0.3 is 6.03 Å². The molecule has 1 N–H and O–H groups in total. The second kappa shape index (κ2) is 8.78. The molecule has 0 aromatic heterocycles. The van der Waals surface area contributed by atoms with Crippen LogP contribution in [-0.4, -0.2) is 42.6 Å². The van der Waals surface area contributed by atoms with Crippen LogP contribution in [0.1, 0.15) is 25.8 Å². The highest BCUT2D eigenvalue weighted by Crippen LogP contribution is 2.25. The lowest BCUT2D eigenvalue weighted by molar-refractivity contribution is -0.117. The molecule has 0 aliphatic carbocycles.